The van der Waals surface area contributed by atoms with Crippen molar-refractivity contribution in [2.75, 3.05) is 33.9 Å². The summed E-state index contributed by atoms with van der Waals surface area (Å²) in [6.07, 6.45) is 6.92. The van der Waals surface area contributed by atoms with Crippen LogP contribution in [-0.2, 0) is 29.6 Å². The van der Waals surface area contributed by atoms with Crippen LogP contribution in [0.3, 0.4) is 0 Å². The number of imidazole rings is 1. The van der Waals surface area contributed by atoms with E-state index < -0.39 is 16.9 Å². The summed E-state index contributed by atoms with van der Waals surface area (Å²) in [6, 6.07) is 11.8. The molecule has 5 aromatic rings. The highest BCUT2D eigenvalue weighted by Gasteiger charge is 2.41. The van der Waals surface area contributed by atoms with Crippen LogP contribution in [0.1, 0.15) is 103 Å². The number of thiazole rings is 2. The number of nitrogens with zero attached hydrogens (tertiary/aromatic N) is 5. The largest absolute Gasteiger partial charge is 0.496 e. The molecule has 0 amide bonds. The maximum atomic E-state index is 14.0. The first-order chi connectivity index (χ1) is 25.8. The summed E-state index contributed by atoms with van der Waals surface area (Å²) >= 11 is 2.93. The SMILES string of the molecule is COc1ccc(C(C)(C)C)cc1C(O)(CN1CCCC1)c1nc(C)cs1.COc1ccc(CCC(C)(C)F)cc1C(O)(Cn1cnc(C)c1)c1nc(C)cs1. The molecule has 1 aliphatic rings. The molecule has 2 aromatic carbocycles. The quantitative estimate of drug-likeness (QED) is 0.122. The lowest BCUT2D eigenvalue weighted by atomic mass is 9.82. The van der Waals surface area contributed by atoms with E-state index in [-0.39, 0.29) is 12.0 Å². The van der Waals surface area contributed by atoms with Crippen molar-refractivity contribution in [1.29, 1.82) is 0 Å². The molecule has 6 rings (SSSR count). The van der Waals surface area contributed by atoms with E-state index in [9.17, 15) is 14.6 Å². The van der Waals surface area contributed by atoms with Crippen molar-refractivity contribution in [3.05, 3.63) is 109 Å². The van der Waals surface area contributed by atoms with Crippen LogP contribution in [0.15, 0.2) is 59.7 Å². The molecule has 2 atom stereocenters. The van der Waals surface area contributed by atoms with Crippen molar-refractivity contribution in [1.82, 2.24) is 24.4 Å². The number of hydrogen-bond donors (Lipinski definition) is 2. The second-order valence-corrected chi connectivity index (χ2v) is 18.1. The van der Waals surface area contributed by atoms with E-state index in [1.807, 2.05) is 66.6 Å². The van der Waals surface area contributed by atoms with E-state index in [1.54, 1.807) is 34.4 Å². The van der Waals surface area contributed by atoms with E-state index in [2.05, 4.69) is 52.8 Å². The fourth-order valence-corrected chi connectivity index (χ4v) is 8.69. The molecule has 1 aliphatic heterocycles. The molecule has 0 aliphatic carbocycles. The Morgan fingerprint density at radius 1 is 0.764 bits per heavy atom. The first kappa shape index (κ1) is 42.5. The molecular formula is C43H58FN5O4S2. The van der Waals surface area contributed by atoms with Crippen LogP contribution >= 0.6 is 22.7 Å². The minimum Gasteiger partial charge on any atom is -0.496 e. The number of aromatic nitrogens is 4. The highest BCUT2D eigenvalue weighted by atomic mass is 32.1. The molecule has 55 heavy (non-hydrogen) atoms. The van der Waals surface area contributed by atoms with Gasteiger partial charge in [0.1, 0.15) is 27.2 Å². The zero-order valence-corrected chi connectivity index (χ0v) is 35.7. The number of hydrogen-bond acceptors (Lipinski definition) is 10. The number of rotatable bonds is 13. The van der Waals surface area contributed by atoms with Crippen LogP contribution < -0.4 is 9.47 Å². The average molecular weight is 792 g/mol. The highest BCUT2D eigenvalue weighted by Crippen LogP contribution is 2.42. The third-order valence-electron chi connectivity index (χ3n) is 10.00. The predicted octanol–water partition coefficient (Wildman–Crippen LogP) is 8.67. The Hall–Kier alpha value is -3.68. The van der Waals surface area contributed by atoms with Gasteiger partial charge in [-0.3, -0.25) is 4.90 Å². The maximum Gasteiger partial charge on any atom is 0.162 e. The Kier molecular flexibility index (Phi) is 13.3. The van der Waals surface area contributed by atoms with Crippen molar-refractivity contribution in [3.63, 3.8) is 0 Å². The first-order valence-electron chi connectivity index (χ1n) is 18.9. The number of aryl methyl sites for hydroxylation is 4. The first-order valence-corrected chi connectivity index (χ1v) is 20.7. The van der Waals surface area contributed by atoms with Gasteiger partial charge >= 0.3 is 0 Å². The van der Waals surface area contributed by atoms with Gasteiger partial charge in [0, 0.05) is 46.0 Å². The number of ether oxygens (including phenoxy) is 2. The summed E-state index contributed by atoms with van der Waals surface area (Å²) in [5.74, 6) is 1.29. The fraction of sp³-hybridized carbons (Fsp3) is 0.512. The van der Waals surface area contributed by atoms with Crippen molar-refractivity contribution >= 4 is 22.7 Å². The fourth-order valence-electron chi connectivity index (χ4n) is 6.88. The molecule has 2 N–H and O–H groups in total. The molecule has 0 bridgehead atoms. The summed E-state index contributed by atoms with van der Waals surface area (Å²) in [5, 5.41) is 29.1. The van der Waals surface area contributed by atoms with Gasteiger partial charge in [-0.25, -0.2) is 19.3 Å². The molecule has 0 spiro atoms. The van der Waals surface area contributed by atoms with E-state index >= 15 is 0 Å². The Balaban J connectivity index is 0.000000212. The number of likely N-dealkylation sites (tertiary alicyclic amines) is 1. The second kappa shape index (κ2) is 17.2. The Morgan fingerprint density at radius 3 is 1.78 bits per heavy atom. The van der Waals surface area contributed by atoms with Crippen LogP contribution in [0, 0.1) is 20.8 Å². The second-order valence-electron chi connectivity index (χ2n) is 16.4. The van der Waals surface area contributed by atoms with Crippen molar-refractivity contribution in [2.24, 2.45) is 0 Å². The summed E-state index contributed by atoms with van der Waals surface area (Å²) < 4.78 is 27.1. The van der Waals surface area contributed by atoms with Crippen molar-refractivity contribution in [3.8, 4) is 11.5 Å². The molecule has 4 heterocycles. The van der Waals surface area contributed by atoms with Crippen LogP contribution in [-0.4, -0.2) is 74.2 Å². The summed E-state index contributed by atoms with van der Waals surface area (Å²) in [4.78, 5) is 15.8. The number of β-amino-alcohol motifs (C(OH)–C–C–N with tert-alkyl or cyclic N) is 1. The number of benzene rings is 2. The molecule has 298 valence electrons. The molecule has 9 nitrogen and oxygen atoms in total. The van der Waals surface area contributed by atoms with E-state index in [0.717, 1.165) is 46.3 Å². The molecule has 0 saturated carbocycles. The van der Waals surface area contributed by atoms with Gasteiger partial charge in [-0.15, -0.1) is 22.7 Å². The van der Waals surface area contributed by atoms with Gasteiger partial charge in [0.25, 0.3) is 0 Å². The van der Waals surface area contributed by atoms with E-state index in [4.69, 9.17) is 9.47 Å². The van der Waals surface area contributed by atoms with Gasteiger partial charge in [-0.2, -0.15) is 0 Å². The highest BCUT2D eigenvalue weighted by molar-refractivity contribution is 7.10. The molecule has 3 aromatic heterocycles. The monoisotopic (exact) mass is 791 g/mol. The van der Waals surface area contributed by atoms with Gasteiger partial charge in [0.15, 0.2) is 11.2 Å². The lowest BCUT2D eigenvalue weighted by Gasteiger charge is -2.33. The average Bonchev–Trinajstić information content (AvgIpc) is 3.97. The minimum absolute atomic E-state index is 0.00558. The third-order valence-corrected chi connectivity index (χ3v) is 12.2. The van der Waals surface area contributed by atoms with Crippen LogP contribution in [0.5, 0.6) is 11.5 Å². The van der Waals surface area contributed by atoms with Gasteiger partial charge in [0.05, 0.1) is 32.8 Å². The van der Waals surface area contributed by atoms with Crippen molar-refractivity contribution < 1.29 is 24.1 Å². The zero-order chi connectivity index (χ0) is 40.2. The molecule has 12 heteroatoms. The lowest BCUT2D eigenvalue weighted by Crippen LogP contribution is -2.41. The Morgan fingerprint density at radius 2 is 1.31 bits per heavy atom. The summed E-state index contributed by atoms with van der Waals surface area (Å²) in [6.45, 7) is 18.3. The molecular weight excluding hydrogens is 734 g/mol. The number of halogens is 1. The molecule has 2 unspecified atom stereocenters. The standard InChI is InChI=1S/C22H28FN3O2S.C21H30N2O2S/c1-15-11-26(14-24-15)13-22(27,20-25-16(2)12-29-20)18-10-17(6-7-19(18)28-5)8-9-21(3,4)23;1-15-13-26-19(22-15)21(24,14-23-10-6-7-11-23)17-12-16(20(2,3)4)8-9-18(17)25-5/h6-7,10-12,14,27H,8-9,13H2,1-5H3;8-9,12-13,24H,6-7,10-11,14H2,1-5H3. The molecule has 1 fully saturated rings. The number of alkyl halides is 1. The minimum atomic E-state index is -1.40. The van der Waals surface area contributed by atoms with Crippen LogP contribution in [0.2, 0.25) is 0 Å². The van der Waals surface area contributed by atoms with Crippen LogP contribution in [0.4, 0.5) is 4.39 Å². The summed E-state index contributed by atoms with van der Waals surface area (Å²) in [7, 11) is 3.25. The number of methoxy groups -OCH3 is 2. The topological polar surface area (TPSA) is 106 Å². The van der Waals surface area contributed by atoms with E-state index in [1.165, 1.54) is 41.1 Å². The smallest absolute Gasteiger partial charge is 0.162 e. The maximum absolute atomic E-state index is 14.0. The predicted molar refractivity (Wildman–Crippen MR) is 221 cm³/mol. The molecule has 0 radical (unpaired) electrons. The van der Waals surface area contributed by atoms with Gasteiger partial charge in [-0.1, -0.05) is 32.9 Å². The lowest BCUT2D eigenvalue weighted by molar-refractivity contribution is 0.0407. The Bertz CT molecular complexity index is 2020. The van der Waals surface area contributed by atoms with E-state index in [0.29, 0.717) is 41.5 Å². The normalized spacial score (nSPS) is 15.9. The van der Waals surface area contributed by atoms with Gasteiger partial charge < -0.3 is 24.3 Å². The summed E-state index contributed by atoms with van der Waals surface area (Å²) in [5.41, 5.74) is 2.38. The van der Waals surface area contributed by atoms with Crippen molar-refractivity contribution in [2.45, 2.75) is 110 Å². The number of aliphatic hydroxyl groups is 2. The molecule has 1 saturated heterocycles. The Labute approximate surface area is 334 Å². The van der Waals surface area contributed by atoms with Crippen LogP contribution in [0.25, 0.3) is 0 Å². The van der Waals surface area contributed by atoms with Gasteiger partial charge in [0.2, 0.25) is 0 Å². The third kappa shape index (κ3) is 10.4. The van der Waals surface area contributed by atoms with Gasteiger partial charge in [-0.05, 0) is 114 Å². The zero-order valence-electron chi connectivity index (χ0n) is 34.1.